The van der Waals surface area contributed by atoms with E-state index < -0.39 is 10.0 Å². The van der Waals surface area contributed by atoms with Gasteiger partial charge in [-0.05, 0) is 57.9 Å². The van der Waals surface area contributed by atoms with Gasteiger partial charge in [0, 0.05) is 24.7 Å². The first-order valence-electron chi connectivity index (χ1n) is 9.29. The molecule has 2 aromatic rings. The number of benzene rings is 1. The van der Waals surface area contributed by atoms with E-state index in [0.717, 1.165) is 5.75 Å². The number of aryl methyl sites for hydroxylation is 2. The molecular formula is C19H25N3O5S. The molecule has 152 valence electrons. The number of hydrogen-bond donors (Lipinski definition) is 1. The van der Waals surface area contributed by atoms with Crippen LogP contribution in [0.3, 0.4) is 0 Å². The van der Waals surface area contributed by atoms with Crippen LogP contribution in [0.1, 0.15) is 41.6 Å². The summed E-state index contributed by atoms with van der Waals surface area (Å²) in [5.41, 5.74) is 0.914. The summed E-state index contributed by atoms with van der Waals surface area (Å²) >= 11 is 0. The average Bonchev–Trinajstić information content (AvgIpc) is 3.02. The lowest BCUT2D eigenvalue weighted by atomic mass is 10.1. The molecule has 1 aliphatic rings. The molecule has 1 saturated heterocycles. The van der Waals surface area contributed by atoms with Crippen molar-refractivity contribution in [1.29, 1.82) is 0 Å². The second-order valence-corrected chi connectivity index (χ2v) is 8.64. The topological polar surface area (TPSA) is 102 Å². The zero-order chi connectivity index (χ0) is 20.3. The second kappa shape index (κ2) is 8.32. The smallest absolute Gasteiger partial charge is 0.251 e. The molecule has 0 bridgehead atoms. The third-order valence-corrected chi connectivity index (χ3v) is 6.93. The Morgan fingerprint density at radius 3 is 2.43 bits per heavy atom. The summed E-state index contributed by atoms with van der Waals surface area (Å²) in [6, 6.07) is 6.89. The molecule has 1 amide bonds. The number of carbonyl (C=O) groups excluding carboxylic acids is 1. The van der Waals surface area contributed by atoms with Crippen molar-refractivity contribution in [2.75, 3.05) is 19.7 Å². The van der Waals surface area contributed by atoms with E-state index in [9.17, 15) is 13.2 Å². The first-order valence-corrected chi connectivity index (χ1v) is 10.7. The van der Waals surface area contributed by atoms with Crippen LogP contribution >= 0.6 is 0 Å². The number of ether oxygens (including phenoxy) is 1. The van der Waals surface area contributed by atoms with Crippen molar-refractivity contribution >= 4 is 15.9 Å². The van der Waals surface area contributed by atoms with Gasteiger partial charge in [0.05, 0.1) is 6.61 Å². The van der Waals surface area contributed by atoms with E-state index in [1.807, 2.05) is 6.92 Å². The fraction of sp³-hybridized carbons (Fsp3) is 0.474. The minimum Gasteiger partial charge on any atom is -0.494 e. The summed E-state index contributed by atoms with van der Waals surface area (Å²) in [7, 11) is -3.64. The van der Waals surface area contributed by atoms with Gasteiger partial charge in [-0.1, -0.05) is 5.16 Å². The maximum atomic E-state index is 12.9. The highest BCUT2D eigenvalue weighted by molar-refractivity contribution is 7.89. The van der Waals surface area contributed by atoms with Crippen molar-refractivity contribution < 1.29 is 22.5 Å². The fourth-order valence-corrected chi connectivity index (χ4v) is 5.11. The Bertz CT molecular complexity index is 909. The third kappa shape index (κ3) is 4.20. The molecule has 9 heteroatoms. The third-order valence-electron chi connectivity index (χ3n) is 4.78. The maximum absolute atomic E-state index is 12.9. The van der Waals surface area contributed by atoms with Gasteiger partial charge in [0.25, 0.3) is 5.91 Å². The van der Waals surface area contributed by atoms with E-state index in [1.54, 1.807) is 38.1 Å². The van der Waals surface area contributed by atoms with Crippen LogP contribution in [0, 0.1) is 13.8 Å². The Hall–Kier alpha value is -2.39. The molecule has 0 spiro atoms. The Morgan fingerprint density at radius 1 is 1.25 bits per heavy atom. The zero-order valence-electron chi connectivity index (χ0n) is 16.3. The molecule has 3 rings (SSSR count). The number of rotatable bonds is 6. The van der Waals surface area contributed by atoms with Crippen LogP contribution in [0.2, 0.25) is 0 Å². The number of sulfonamides is 1. The van der Waals surface area contributed by atoms with Crippen LogP contribution in [0.15, 0.2) is 33.7 Å². The quantitative estimate of drug-likeness (QED) is 0.788. The number of amides is 1. The van der Waals surface area contributed by atoms with Crippen molar-refractivity contribution in [3.05, 3.63) is 41.3 Å². The van der Waals surface area contributed by atoms with Crippen LogP contribution in [0.4, 0.5) is 0 Å². The highest BCUT2D eigenvalue weighted by Gasteiger charge is 2.34. The predicted molar refractivity (Wildman–Crippen MR) is 103 cm³/mol. The molecule has 0 atom stereocenters. The van der Waals surface area contributed by atoms with E-state index in [4.69, 9.17) is 9.26 Å². The molecule has 28 heavy (non-hydrogen) atoms. The predicted octanol–water partition coefficient (Wildman–Crippen LogP) is 2.27. The lowest BCUT2D eigenvalue weighted by Crippen LogP contribution is -2.46. The molecule has 1 aliphatic heterocycles. The van der Waals surface area contributed by atoms with Gasteiger partial charge in [0.1, 0.15) is 16.3 Å². The van der Waals surface area contributed by atoms with E-state index in [1.165, 1.54) is 4.31 Å². The van der Waals surface area contributed by atoms with Gasteiger partial charge < -0.3 is 14.6 Å². The minimum atomic E-state index is -3.64. The molecule has 1 fully saturated rings. The SMILES string of the molecule is CCOc1ccc(C(=O)NC2CCN(S(=O)(=O)c3c(C)noc3C)CC2)cc1. The van der Waals surface area contributed by atoms with E-state index in [0.29, 0.717) is 49.6 Å². The Labute approximate surface area is 164 Å². The summed E-state index contributed by atoms with van der Waals surface area (Å²) in [4.78, 5) is 12.6. The van der Waals surface area contributed by atoms with Gasteiger partial charge in [0.2, 0.25) is 10.0 Å². The van der Waals surface area contributed by atoms with Crippen LogP contribution in [-0.4, -0.2) is 49.5 Å². The van der Waals surface area contributed by atoms with Crippen molar-refractivity contribution in [3.63, 3.8) is 0 Å². The van der Waals surface area contributed by atoms with Crippen molar-refractivity contribution in [1.82, 2.24) is 14.8 Å². The standard InChI is InChI=1S/C19H25N3O5S/c1-4-26-17-7-5-15(6-8-17)19(23)20-16-9-11-22(12-10-16)28(24,25)18-13(2)21-27-14(18)3/h5-8,16H,4,9-12H2,1-3H3,(H,20,23). The van der Waals surface area contributed by atoms with Gasteiger partial charge in [-0.25, -0.2) is 8.42 Å². The zero-order valence-corrected chi connectivity index (χ0v) is 17.1. The van der Waals surface area contributed by atoms with E-state index in [2.05, 4.69) is 10.5 Å². The molecule has 1 aromatic heterocycles. The maximum Gasteiger partial charge on any atom is 0.251 e. The van der Waals surface area contributed by atoms with Gasteiger partial charge in [-0.3, -0.25) is 4.79 Å². The molecule has 1 N–H and O–H groups in total. The second-order valence-electron chi connectivity index (χ2n) is 6.76. The summed E-state index contributed by atoms with van der Waals surface area (Å²) in [5.74, 6) is 0.843. The highest BCUT2D eigenvalue weighted by Crippen LogP contribution is 2.26. The van der Waals surface area contributed by atoms with E-state index >= 15 is 0 Å². The van der Waals surface area contributed by atoms with Gasteiger partial charge in [0.15, 0.2) is 5.76 Å². The lowest BCUT2D eigenvalue weighted by molar-refractivity contribution is 0.0924. The number of piperidine rings is 1. The average molecular weight is 407 g/mol. The summed E-state index contributed by atoms with van der Waals surface area (Å²) in [6.45, 7) is 6.35. The number of nitrogens with zero attached hydrogens (tertiary/aromatic N) is 2. The Kier molecular flexibility index (Phi) is 6.04. The molecule has 8 nitrogen and oxygen atoms in total. The van der Waals surface area contributed by atoms with Crippen LogP contribution in [0.25, 0.3) is 0 Å². The summed E-state index contributed by atoms with van der Waals surface area (Å²) in [6.07, 6.45) is 1.09. The monoisotopic (exact) mass is 407 g/mol. The largest absolute Gasteiger partial charge is 0.494 e. The van der Waals surface area contributed by atoms with E-state index in [-0.39, 0.29) is 16.8 Å². The number of hydrogen-bond acceptors (Lipinski definition) is 6. The van der Waals surface area contributed by atoms with Crippen LogP contribution < -0.4 is 10.1 Å². The Morgan fingerprint density at radius 2 is 1.89 bits per heavy atom. The van der Waals surface area contributed by atoms with Crippen LogP contribution in [0.5, 0.6) is 5.75 Å². The molecule has 1 aromatic carbocycles. The first kappa shape index (κ1) is 20.3. The van der Waals surface area contributed by atoms with Crippen molar-refractivity contribution in [2.45, 2.75) is 44.6 Å². The van der Waals surface area contributed by atoms with Gasteiger partial charge in [-0.15, -0.1) is 0 Å². The normalized spacial score (nSPS) is 16.1. The molecule has 0 aliphatic carbocycles. The van der Waals surface area contributed by atoms with Crippen molar-refractivity contribution in [2.24, 2.45) is 0 Å². The first-order chi connectivity index (χ1) is 13.3. The fourth-order valence-electron chi connectivity index (χ4n) is 3.35. The van der Waals surface area contributed by atoms with Gasteiger partial charge >= 0.3 is 0 Å². The highest BCUT2D eigenvalue weighted by atomic mass is 32.2. The minimum absolute atomic E-state index is 0.0739. The van der Waals surface area contributed by atoms with Crippen LogP contribution in [-0.2, 0) is 10.0 Å². The molecule has 0 saturated carbocycles. The number of carbonyl (C=O) groups is 1. The molecular weight excluding hydrogens is 382 g/mol. The molecule has 0 radical (unpaired) electrons. The summed E-state index contributed by atoms with van der Waals surface area (Å²) < 4.78 is 37.5. The number of nitrogens with one attached hydrogen (secondary N) is 1. The van der Waals surface area contributed by atoms with Gasteiger partial charge in [-0.2, -0.15) is 4.31 Å². The molecule has 2 heterocycles. The Balaban J connectivity index is 1.59. The molecule has 0 unspecified atom stereocenters. The van der Waals surface area contributed by atoms with Crippen molar-refractivity contribution in [3.8, 4) is 5.75 Å². The summed E-state index contributed by atoms with van der Waals surface area (Å²) in [5, 5.41) is 6.72. The number of aromatic nitrogens is 1. The lowest BCUT2D eigenvalue weighted by Gasteiger charge is -2.31.